The maximum atomic E-state index is 14.1. The zero-order valence-electron chi connectivity index (χ0n) is 23.5. The van der Waals surface area contributed by atoms with E-state index in [4.69, 9.17) is 9.47 Å². The highest BCUT2D eigenvalue weighted by Gasteiger charge is 2.81. The van der Waals surface area contributed by atoms with Gasteiger partial charge < -0.3 is 29.9 Å². The lowest BCUT2D eigenvalue weighted by atomic mass is 9.29. The predicted octanol–water partition coefficient (Wildman–Crippen LogP) is 2.67. The molecule has 11 atom stereocenters. The lowest BCUT2D eigenvalue weighted by Crippen LogP contribution is -2.80. The van der Waals surface area contributed by atoms with E-state index >= 15 is 0 Å². The molecular formula is C30H44O8. The van der Waals surface area contributed by atoms with Crippen molar-refractivity contribution in [2.24, 2.45) is 38.9 Å². The molecule has 0 saturated heterocycles. The number of aliphatic hydroxyl groups is 4. The molecule has 4 unspecified atom stereocenters. The van der Waals surface area contributed by atoms with E-state index in [0.29, 0.717) is 38.5 Å². The van der Waals surface area contributed by atoms with Crippen molar-refractivity contribution in [1.82, 2.24) is 0 Å². The van der Waals surface area contributed by atoms with Gasteiger partial charge in [0.1, 0.15) is 12.0 Å². The van der Waals surface area contributed by atoms with Crippen molar-refractivity contribution in [2.75, 3.05) is 13.7 Å². The molecule has 0 radical (unpaired) electrons. The Balaban J connectivity index is 1.76. The van der Waals surface area contributed by atoms with Crippen LogP contribution in [0.15, 0.2) is 23.8 Å². The highest BCUT2D eigenvalue weighted by Crippen LogP contribution is 2.78. The number of carbonyl (C=O) groups excluding carboxylic acids is 2. The molecular weight excluding hydrogens is 488 g/mol. The largest absolute Gasteiger partial charge is 0.468 e. The monoisotopic (exact) mass is 532 g/mol. The van der Waals surface area contributed by atoms with Crippen LogP contribution in [0.1, 0.15) is 73.1 Å². The van der Waals surface area contributed by atoms with Crippen LogP contribution in [0.4, 0.5) is 0 Å². The molecule has 0 bridgehead atoms. The third-order valence-corrected chi connectivity index (χ3v) is 12.5. The summed E-state index contributed by atoms with van der Waals surface area (Å²) in [5, 5.41) is 47.7. The van der Waals surface area contributed by atoms with Crippen LogP contribution in [0.25, 0.3) is 0 Å². The van der Waals surface area contributed by atoms with Crippen molar-refractivity contribution in [3.63, 3.8) is 0 Å². The van der Waals surface area contributed by atoms with Crippen LogP contribution in [0, 0.1) is 38.9 Å². The van der Waals surface area contributed by atoms with Gasteiger partial charge in [-0.3, -0.25) is 4.79 Å². The number of cyclic esters (lactones) is 1. The summed E-state index contributed by atoms with van der Waals surface area (Å²) < 4.78 is 10.9. The molecule has 1 aliphatic heterocycles. The number of aliphatic hydroxyl groups excluding tert-OH is 3. The van der Waals surface area contributed by atoms with Gasteiger partial charge in [-0.05, 0) is 75.0 Å². The number of allylic oxidation sites excluding steroid dienone is 2. The maximum Gasteiger partial charge on any atom is 0.330 e. The van der Waals surface area contributed by atoms with Crippen LogP contribution in [0.3, 0.4) is 0 Å². The van der Waals surface area contributed by atoms with Gasteiger partial charge in [0, 0.05) is 11.5 Å². The number of carbonyl (C=O) groups is 2. The highest BCUT2D eigenvalue weighted by atomic mass is 16.5. The fourth-order valence-corrected chi connectivity index (χ4v) is 10.4. The number of methoxy groups -OCH3 is 1. The topological polar surface area (TPSA) is 134 Å². The Morgan fingerprint density at radius 1 is 1.16 bits per heavy atom. The Bertz CT molecular complexity index is 1100. The van der Waals surface area contributed by atoms with Crippen LogP contribution in [0.2, 0.25) is 0 Å². The van der Waals surface area contributed by atoms with Crippen LogP contribution in [-0.2, 0) is 19.1 Å². The molecule has 0 aromatic rings. The average molecular weight is 533 g/mol. The molecule has 0 aromatic heterocycles. The Morgan fingerprint density at radius 3 is 2.47 bits per heavy atom. The lowest BCUT2D eigenvalue weighted by molar-refractivity contribution is -0.334. The number of hydrogen-bond acceptors (Lipinski definition) is 8. The molecule has 8 nitrogen and oxygen atoms in total. The van der Waals surface area contributed by atoms with Crippen LogP contribution in [0.5, 0.6) is 0 Å². The van der Waals surface area contributed by atoms with Gasteiger partial charge in [-0.1, -0.05) is 38.5 Å². The molecule has 0 amide bonds. The molecule has 0 spiro atoms. The summed E-state index contributed by atoms with van der Waals surface area (Å²) in [5.74, 6) is -2.19. The van der Waals surface area contributed by atoms with E-state index < -0.39 is 74.8 Å². The lowest BCUT2D eigenvalue weighted by Gasteiger charge is -2.75. The standard InChI is InChI=1S/C30H44O8/c1-17-9-10-25(3)11-13-27(5)22-21(33)23(34)28(18(2)31)16-38-20(32)8-7-19(28)26(22,4)12-14-29(27,24(35)37-6)30(25,36)15-17/h7-9,18-19,21-23,31,33-34,36H,10-16H2,1-6H3/t18?,19?,21?,22?,23-,25+,26-,27+,28+,29-,30-/m0/s1. The molecule has 1 heterocycles. The second-order valence-electron chi connectivity index (χ2n) is 13.8. The number of fused-ring (bicyclic) bond motifs is 7. The van der Waals surface area contributed by atoms with E-state index in [1.54, 1.807) is 13.0 Å². The van der Waals surface area contributed by atoms with E-state index in [-0.39, 0.29) is 6.61 Å². The Hall–Kier alpha value is -1.74. The minimum Gasteiger partial charge on any atom is -0.468 e. The fraction of sp³-hybridized carbons (Fsp3) is 0.800. The predicted molar refractivity (Wildman–Crippen MR) is 138 cm³/mol. The molecule has 0 aromatic carbocycles. The van der Waals surface area contributed by atoms with Crippen LogP contribution < -0.4 is 0 Å². The first-order valence-electron chi connectivity index (χ1n) is 14.0. The summed E-state index contributed by atoms with van der Waals surface area (Å²) in [6.45, 7) is 9.37. The van der Waals surface area contributed by atoms with Crippen LogP contribution >= 0.6 is 0 Å². The first-order chi connectivity index (χ1) is 17.6. The zero-order valence-corrected chi connectivity index (χ0v) is 23.5. The van der Waals surface area contributed by atoms with Gasteiger partial charge in [0.25, 0.3) is 0 Å². The van der Waals surface area contributed by atoms with Crippen molar-refractivity contribution >= 4 is 11.9 Å². The van der Waals surface area contributed by atoms with Gasteiger partial charge in [-0.2, -0.15) is 0 Å². The third kappa shape index (κ3) is 2.95. The van der Waals surface area contributed by atoms with Crippen molar-refractivity contribution in [1.29, 1.82) is 0 Å². The van der Waals surface area contributed by atoms with Gasteiger partial charge in [-0.25, -0.2) is 4.79 Å². The summed E-state index contributed by atoms with van der Waals surface area (Å²) in [5.41, 5.74) is -5.27. The minimum absolute atomic E-state index is 0.230. The molecule has 5 rings (SSSR count). The molecule has 3 fully saturated rings. The van der Waals surface area contributed by atoms with Crippen molar-refractivity contribution in [3.8, 4) is 0 Å². The fourth-order valence-electron chi connectivity index (χ4n) is 10.4. The smallest absolute Gasteiger partial charge is 0.330 e. The van der Waals surface area contributed by atoms with E-state index in [1.807, 2.05) is 20.8 Å². The maximum absolute atomic E-state index is 14.1. The Kier molecular flexibility index (Phi) is 6.14. The van der Waals surface area contributed by atoms with Crippen molar-refractivity contribution in [2.45, 2.75) is 97.1 Å². The van der Waals surface area contributed by atoms with Gasteiger partial charge in [0.05, 0.1) is 36.4 Å². The number of ether oxygens (including phenoxy) is 2. The molecule has 38 heavy (non-hydrogen) atoms. The summed E-state index contributed by atoms with van der Waals surface area (Å²) in [6.07, 6.45) is 4.29. The summed E-state index contributed by atoms with van der Waals surface area (Å²) in [4.78, 5) is 26.4. The molecule has 5 aliphatic rings. The van der Waals surface area contributed by atoms with Crippen molar-refractivity contribution in [3.05, 3.63) is 23.8 Å². The Morgan fingerprint density at radius 2 is 1.84 bits per heavy atom. The van der Waals surface area contributed by atoms with Gasteiger partial charge in [0.15, 0.2) is 0 Å². The third-order valence-electron chi connectivity index (χ3n) is 12.5. The van der Waals surface area contributed by atoms with Gasteiger partial charge in [0.2, 0.25) is 0 Å². The minimum atomic E-state index is -1.43. The SMILES string of the molecule is COC(=O)[C@@]12CC[C@@]3(C)C4C=CC(=O)OC[C@]4(C(C)O)[C@@H](O)C(O)C3[C@@]1(C)CC[C@@]1(C)CC=C(C)C[C@]12O. The van der Waals surface area contributed by atoms with E-state index in [9.17, 15) is 30.0 Å². The first kappa shape index (κ1) is 27.8. The molecule has 3 saturated carbocycles. The molecule has 4 N–H and O–H groups in total. The van der Waals surface area contributed by atoms with Gasteiger partial charge >= 0.3 is 11.9 Å². The highest BCUT2D eigenvalue weighted by molar-refractivity contribution is 5.83. The van der Waals surface area contributed by atoms with Crippen molar-refractivity contribution < 1.29 is 39.5 Å². The molecule has 4 aliphatic carbocycles. The molecule has 8 heteroatoms. The normalized spacial score (nSPS) is 52.7. The number of rotatable bonds is 2. The summed E-state index contributed by atoms with van der Waals surface area (Å²) in [7, 11) is 1.35. The quantitative estimate of drug-likeness (QED) is 0.315. The number of esters is 2. The average Bonchev–Trinajstić information content (AvgIpc) is 3.04. The molecule has 212 valence electrons. The van der Waals surface area contributed by atoms with E-state index in [0.717, 1.165) is 5.57 Å². The summed E-state index contributed by atoms with van der Waals surface area (Å²) in [6, 6.07) is 0. The number of hydrogen-bond donors (Lipinski definition) is 4. The summed E-state index contributed by atoms with van der Waals surface area (Å²) >= 11 is 0. The van der Waals surface area contributed by atoms with E-state index in [2.05, 4.69) is 13.0 Å². The first-order valence-corrected chi connectivity index (χ1v) is 14.0. The zero-order chi connectivity index (χ0) is 28.1. The van der Waals surface area contributed by atoms with Crippen LogP contribution in [-0.4, -0.2) is 70.0 Å². The second-order valence-corrected chi connectivity index (χ2v) is 13.8. The van der Waals surface area contributed by atoms with Gasteiger partial charge in [-0.15, -0.1) is 0 Å². The Labute approximate surface area is 225 Å². The van der Waals surface area contributed by atoms with E-state index in [1.165, 1.54) is 13.2 Å². The second kappa shape index (κ2) is 8.38.